The van der Waals surface area contributed by atoms with Crippen LogP contribution in [0.1, 0.15) is 63.9 Å². The Balaban J connectivity index is 2.52. The molecule has 0 aliphatic heterocycles. The Bertz CT molecular complexity index is 421. The Morgan fingerprint density at radius 3 is 2.53 bits per heavy atom. The molecule has 0 amide bonds. The molecule has 0 fully saturated rings. The molecular formula is C15H22ClNO2. The molecule has 0 saturated heterocycles. The number of nitrogens with zero attached hydrogens (tertiary/aromatic N) is 1. The number of nitro groups is 1. The van der Waals surface area contributed by atoms with Crippen molar-refractivity contribution in [1.29, 1.82) is 0 Å². The summed E-state index contributed by atoms with van der Waals surface area (Å²) in [6, 6.07) is 4.77. The van der Waals surface area contributed by atoms with E-state index in [4.69, 9.17) is 11.6 Å². The van der Waals surface area contributed by atoms with Crippen LogP contribution in [0.5, 0.6) is 0 Å². The van der Waals surface area contributed by atoms with E-state index < -0.39 is 4.92 Å². The molecule has 0 bridgehead atoms. The van der Waals surface area contributed by atoms with Crippen molar-refractivity contribution < 1.29 is 4.92 Å². The number of rotatable bonds is 8. The minimum Gasteiger partial charge on any atom is -0.258 e. The average molecular weight is 284 g/mol. The molecule has 0 aliphatic rings. The second kappa shape index (κ2) is 8.16. The molecule has 0 N–H and O–H groups in total. The lowest BCUT2D eigenvalue weighted by molar-refractivity contribution is -0.384. The van der Waals surface area contributed by atoms with Gasteiger partial charge in [-0.2, -0.15) is 0 Å². The summed E-state index contributed by atoms with van der Waals surface area (Å²) < 4.78 is 0. The van der Waals surface area contributed by atoms with E-state index in [0.717, 1.165) is 12.0 Å². The summed E-state index contributed by atoms with van der Waals surface area (Å²) in [4.78, 5) is 10.2. The van der Waals surface area contributed by atoms with Crippen LogP contribution in [0.25, 0.3) is 0 Å². The fourth-order valence-corrected chi connectivity index (χ4v) is 2.60. The standard InChI is InChI=1S/C15H22ClNO2/c1-3-4-5-6-7-8-12(2)14-10-9-13(17(18)19)11-15(14)16/h9-12H,3-8H2,1-2H3. The maximum Gasteiger partial charge on any atom is 0.270 e. The zero-order valence-corrected chi connectivity index (χ0v) is 12.4. The van der Waals surface area contributed by atoms with Gasteiger partial charge >= 0.3 is 0 Å². The second-order valence-electron chi connectivity index (χ2n) is 5.07. The van der Waals surface area contributed by atoms with E-state index in [1.54, 1.807) is 6.07 Å². The molecular weight excluding hydrogens is 262 g/mol. The lowest BCUT2D eigenvalue weighted by Gasteiger charge is -2.13. The molecule has 1 aromatic carbocycles. The van der Waals surface area contributed by atoms with E-state index in [-0.39, 0.29) is 5.69 Å². The van der Waals surface area contributed by atoms with Gasteiger partial charge in [-0.1, -0.05) is 63.6 Å². The van der Waals surface area contributed by atoms with E-state index in [1.165, 1.54) is 44.2 Å². The van der Waals surface area contributed by atoms with Crippen LogP contribution in [0.4, 0.5) is 5.69 Å². The van der Waals surface area contributed by atoms with Gasteiger partial charge in [0.1, 0.15) is 0 Å². The van der Waals surface area contributed by atoms with Crippen molar-refractivity contribution in [3.8, 4) is 0 Å². The van der Waals surface area contributed by atoms with Crippen LogP contribution in [0.2, 0.25) is 5.02 Å². The van der Waals surface area contributed by atoms with Crippen molar-refractivity contribution in [3.05, 3.63) is 38.9 Å². The van der Waals surface area contributed by atoms with Crippen LogP contribution >= 0.6 is 11.6 Å². The quantitative estimate of drug-likeness (QED) is 0.348. The fourth-order valence-electron chi connectivity index (χ4n) is 2.24. The number of hydrogen-bond donors (Lipinski definition) is 0. The number of unbranched alkanes of at least 4 members (excludes halogenated alkanes) is 4. The fraction of sp³-hybridized carbons (Fsp3) is 0.600. The van der Waals surface area contributed by atoms with Crippen molar-refractivity contribution in [2.45, 2.75) is 58.3 Å². The van der Waals surface area contributed by atoms with Gasteiger partial charge in [0.25, 0.3) is 5.69 Å². The van der Waals surface area contributed by atoms with Crippen LogP contribution in [-0.4, -0.2) is 4.92 Å². The smallest absolute Gasteiger partial charge is 0.258 e. The highest BCUT2D eigenvalue weighted by Crippen LogP contribution is 2.31. The van der Waals surface area contributed by atoms with Crippen molar-refractivity contribution in [3.63, 3.8) is 0 Å². The Morgan fingerprint density at radius 1 is 1.26 bits per heavy atom. The van der Waals surface area contributed by atoms with E-state index in [9.17, 15) is 10.1 Å². The number of non-ortho nitro benzene ring substituents is 1. The average Bonchev–Trinajstić information content (AvgIpc) is 2.38. The Morgan fingerprint density at radius 2 is 1.95 bits per heavy atom. The number of halogens is 1. The molecule has 4 heteroatoms. The third-order valence-corrected chi connectivity index (χ3v) is 3.79. The summed E-state index contributed by atoms with van der Waals surface area (Å²) in [5.41, 5.74) is 1.08. The van der Waals surface area contributed by atoms with Crippen LogP contribution in [0.15, 0.2) is 18.2 Å². The summed E-state index contributed by atoms with van der Waals surface area (Å²) in [5, 5.41) is 11.2. The third kappa shape index (κ3) is 5.19. The van der Waals surface area contributed by atoms with E-state index >= 15 is 0 Å². The zero-order chi connectivity index (χ0) is 14.3. The van der Waals surface area contributed by atoms with E-state index in [0.29, 0.717) is 10.9 Å². The van der Waals surface area contributed by atoms with Gasteiger partial charge in [-0.25, -0.2) is 0 Å². The summed E-state index contributed by atoms with van der Waals surface area (Å²) in [5.74, 6) is 0.356. The largest absolute Gasteiger partial charge is 0.270 e. The Labute approximate surface area is 120 Å². The van der Waals surface area contributed by atoms with Crippen LogP contribution < -0.4 is 0 Å². The van der Waals surface area contributed by atoms with Gasteiger partial charge in [0, 0.05) is 12.1 Å². The highest BCUT2D eigenvalue weighted by Gasteiger charge is 2.13. The van der Waals surface area contributed by atoms with Gasteiger partial charge in [0.05, 0.1) is 9.95 Å². The lowest BCUT2D eigenvalue weighted by Crippen LogP contribution is -1.96. The van der Waals surface area contributed by atoms with Crippen molar-refractivity contribution >= 4 is 17.3 Å². The third-order valence-electron chi connectivity index (χ3n) is 3.47. The van der Waals surface area contributed by atoms with Crippen LogP contribution in [0.3, 0.4) is 0 Å². The predicted molar refractivity (Wildman–Crippen MR) is 79.9 cm³/mol. The van der Waals surface area contributed by atoms with Gasteiger partial charge in [-0.15, -0.1) is 0 Å². The maximum absolute atomic E-state index is 10.7. The van der Waals surface area contributed by atoms with Crippen molar-refractivity contribution in [1.82, 2.24) is 0 Å². The number of nitro benzene ring substituents is 1. The maximum atomic E-state index is 10.7. The van der Waals surface area contributed by atoms with Gasteiger partial charge in [-0.3, -0.25) is 10.1 Å². The Hall–Kier alpha value is -1.09. The second-order valence-corrected chi connectivity index (χ2v) is 5.47. The summed E-state index contributed by atoms with van der Waals surface area (Å²) >= 11 is 6.13. The first kappa shape index (κ1) is 16.0. The number of benzene rings is 1. The first-order chi connectivity index (χ1) is 9.06. The molecule has 1 rings (SSSR count). The first-order valence-corrected chi connectivity index (χ1v) is 7.38. The van der Waals surface area contributed by atoms with Crippen molar-refractivity contribution in [2.75, 3.05) is 0 Å². The predicted octanol–water partition coefficient (Wildman–Crippen LogP) is 5.71. The van der Waals surface area contributed by atoms with Gasteiger partial charge < -0.3 is 0 Å². The monoisotopic (exact) mass is 283 g/mol. The van der Waals surface area contributed by atoms with E-state index in [1.807, 2.05) is 0 Å². The molecule has 0 heterocycles. The first-order valence-electron chi connectivity index (χ1n) is 7.00. The van der Waals surface area contributed by atoms with Crippen LogP contribution in [0, 0.1) is 10.1 Å². The Kier molecular flexibility index (Phi) is 6.85. The number of hydrogen-bond acceptors (Lipinski definition) is 2. The zero-order valence-electron chi connectivity index (χ0n) is 11.7. The van der Waals surface area contributed by atoms with Gasteiger partial charge in [0.15, 0.2) is 0 Å². The summed E-state index contributed by atoms with van der Waals surface area (Å²) in [6.07, 6.45) is 7.37. The topological polar surface area (TPSA) is 43.1 Å². The summed E-state index contributed by atoms with van der Waals surface area (Å²) in [6.45, 7) is 4.34. The molecule has 0 radical (unpaired) electrons. The minimum atomic E-state index is -0.412. The molecule has 0 aromatic heterocycles. The lowest BCUT2D eigenvalue weighted by atomic mass is 9.94. The van der Waals surface area contributed by atoms with Gasteiger partial charge in [0.2, 0.25) is 0 Å². The molecule has 0 aliphatic carbocycles. The molecule has 1 unspecified atom stereocenters. The molecule has 1 atom stereocenters. The molecule has 0 spiro atoms. The highest BCUT2D eigenvalue weighted by atomic mass is 35.5. The SMILES string of the molecule is CCCCCCCC(C)c1ccc([N+](=O)[O-])cc1Cl. The minimum absolute atomic E-state index is 0.0592. The molecule has 1 aromatic rings. The van der Waals surface area contributed by atoms with Crippen molar-refractivity contribution in [2.24, 2.45) is 0 Å². The van der Waals surface area contributed by atoms with Gasteiger partial charge in [-0.05, 0) is 17.9 Å². The van der Waals surface area contributed by atoms with Crippen LogP contribution in [-0.2, 0) is 0 Å². The highest BCUT2D eigenvalue weighted by molar-refractivity contribution is 6.31. The molecule has 19 heavy (non-hydrogen) atoms. The molecule has 3 nitrogen and oxygen atoms in total. The molecule has 106 valence electrons. The van der Waals surface area contributed by atoms with E-state index in [2.05, 4.69) is 13.8 Å². The molecule has 0 saturated carbocycles. The summed E-state index contributed by atoms with van der Waals surface area (Å²) in [7, 11) is 0. The normalized spacial score (nSPS) is 12.4.